The SMILES string of the molecule is Cc1oc(-c2ccccc2)nc1C(=O)OCC(=O)Nc1ccc(Cl)cc1F. The molecule has 0 spiro atoms. The fourth-order valence-electron chi connectivity index (χ4n) is 2.27. The van der Waals surface area contributed by atoms with Crippen molar-refractivity contribution in [2.24, 2.45) is 0 Å². The molecule has 1 aromatic heterocycles. The van der Waals surface area contributed by atoms with Crippen molar-refractivity contribution in [2.45, 2.75) is 6.92 Å². The molecule has 0 unspecified atom stereocenters. The molecule has 1 amide bonds. The van der Waals surface area contributed by atoms with Gasteiger partial charge in [0.05, 0.1) is 5.69 Å². The summed E-state index contributed by atoms with van der Waals surface area (Å²) in [6, 6.07) is 12.8. The Labute approximate surface area is 158 Å². The predicted molar refractivity (Wildman–Crippen MR) is 97.0 cm³/mol. The highest BCUT2D eigenvalue weighted by atomic mass is 35.5. The van der Waals surface area contributed by atoms with Gasteiger partial charge in [-0.3, -0.25) is 4.79 Å². The maximum Gasteiger partial charge on any atom is 0.361 e. The highest BCUT2D eigenvalue weighted by Crippen LogP contribution is 2.22. The summed E-state index contributed by atoms with van der Waals surface area (Å²) >= 11 is 5.65. The van der Waals surface area contributed by atoms with Crippen LogP contribution in [0, 0.1) is 12.7 Å². The van der Waals surface area contributed by atoms with E-state index in [2.05, 4.69) is 10.3 Å². The lowest BCUT2D eigenvalue weighted by atomic mass is 10.2. The quantitative estimate of drug-likeness (QED) is 0.661. The summed E-state index contributed by atoms with van der Waals surface area (Å²) in [6.45, 7) is 0.965. The first kappa shape index (κ1) is 18.6. The van der Waals surface area contributed by atoms with Crippen LogP contribution in [-0.4, -0.2) is 23.5 Å². The van der Waals surface area contributed by atoms with Crippen molar-refractivity contribution in [1.29, 1.82) is 0 Å². The molecule has 3 aromatic rings. The van der Waals surface area contributed by atoms with Gasteiger partial charge in [0.15, 0.2) is 12.3 Å². The van der Waals surface area contributed by atoms with Crippen LogP contribution in [0.1, 0.15) is 16.2 Å². The molecule has 0 fully saturated rings. The molecule has 1 N–H and O–H groups in total. The molecule has 0 radical (unpaired) electrons. The highest BCUT2D eigenvalue weighted by molar-refractivity contribution is 6.30. The number of nitrogens with one attached hydrogen (secondary N) is 1. The average molecular weight is 389 g/mol. The molecule has 3 rings (SSSR count). The summed E-state index contributed by atoms with van der Waals surface area (Å²) in [5.41, 5.74) is 0.611. The molecule has 27 heavy (non-hydrogen) atoms. The smallest absolute Gasteiger partial charge is 0.361 e. The molecule has 2 aromatic carbocycles. The van der Waals surface area contributed by atoms with Crippen molar-refractivity contribution in [3.05, 3.63) is 70.8 Å². The minimum absolute atomic E-state index is 0.0284. The van der Waals surface area contributed by atoms with Crippen LogP contribution >= 0.6 is 11.6 Å². The number of esters is 1. The Bertz CT molecular complexity index is 989. The topological polar surface area (TPSA) is 81.4 Å². The molecule has 0 aliphatic heterocycles. The van der Waals surface area contributed by atoms with Crippen molar-refractivity contribution in [1.82, 2.24) is 4.98 Å². The number of nitrogens with zero attached hydrogens (tertiary/aromatic N) is 1. The Morgan fingerprint density at radius 1 is 1.22 bits per heavy atom. The summed E-state index contributed by atoms with van der Waals surface area (Å²) in [5.74, 6) is -1.67. The fourth-order valence-corrected chi connectivity index (χ4v) is 2.43. The number of ether oxygens (including phenoxy) is 1. The maximum atomic E-state index is 13.7. The molecule has 6 nitrogen and oxygen atoms in total. The van der Waals surface area contributed by atoms with Gasteiger partial charge in [-0.05, 0) is 37.3 Å². The molecule has 0 atom stereocenters. The first-order valence-electron chi connectivity index (χ1n) is 7.89. The zero-order valence-electron chi connectivity index (χ0n) is 14.2. The van der Waals surface area contributed by atoms with E-state index in [1.165, 1.54) is 12.1 Å². The molecular formula is C19H14ClFN2O4. The van der Waals surface area contributed by atoms with E-state index >= 15 is 0 Å². The third-order valence-corrected chi connectivity index (χ3v) is 3.79. The van der Waals surface area contributed by atoms with E-state index in [-0.39, 0.29) is 28.1 Å². The first-order chi connectivity index (χ1) is 12.9. The molecule has 0 aliphatic carbocycles. The molecule has 0 bridgehead atoms. The zero-order chi connectivity index (χ0) is 19.4. The minimum atomic E-state index is -0.815. The molecule has 0 saturated heterocycles. The van der Waals surface area contributed by atoms with Gasteiger partial charge in [-0.25, -0.2) is 14.2 Å². The number of oxazole rings is 1. The maximum absolute atomic E-state index is 13.7. The van der Waals surface area contributed by atoms with Crippen LogP contribution in [0.15, 0.2) is 52.9 Å². The van der Waals surface area contributed by atoms with Crippen LogP contribution in [-0.2, 0) is 9.53 Å². The van der Waals surface area contributed by atoms with Crippen molar-refractivity contribution < 1.29 is 23.1 Å². The molecule has 138 valence electrons. The largest absolute Gasteiger partial charge is 0.451 e. The number of halogens is 2. The molecule has 1 heterocycles. The number of hydrogen-bond donors (Lipinski definition) is 1. The monoisotopic (exact) mass is 388 g/mol. The lowest BCUT2D eigenvalue weighted by molar-refractivity contribution is -0.119. The van der Waals surface area contributed by atoms with Gasteiger partial charge in [-0.1, -0.05) is 29.8 Å². The number of carbonyl (C=O) groups is 2. The lowest BCUT2D eigenvalue weighted by Crippen LogP contribution is -2.21. The number of rotatable bonds is 5. The van der Waals surface area contributed by atoms with Crippen molar-refractivity contribution in [2.75, 3.05) is 11.9 Å². The second kappa shape index (κ2) is 8.01. The second-order valence-corrected chi connectivity index (χ2v) is 5.97. The standard InChI is InChI=1S/C19H14ClFN2O4/c1-11-17(23-18(27-11)12-5-3-2-4-6-12)19(25)26-10-16(24)22-15-8-7-13(20)9-14(15)21/h2-9H,10H2,1H3,(H,22,24). The third-order valence-electron chi connectivity index (χ3n) is 3.55. The first-order valence-corrected chi connectivity index (χ1v) is 8.26. The summed E-state index contributed by atoms with van der Waals surface area (Å²) in [5, 5.41) is 2.50. The van der Waals surface area contributed by atoms with Crippen molar-refractivity contribution in [3.8, 4) is 11.5 Å². The van der Waals surface area contributed by atoms with E-state index < -0.39 is 24.3 Å². The van der Waals surface area contributed by atoms with Crippen molar-refractivity contribution >= 4 is 29.2 Å². The summed E-state index contributed by atoms with van der Waals surface area (Å²) in [4.78, 5) is 28.1. The summed E-state index contributed by atoms with van der Waals surface area (Å²) < 4.78 is 24.1. The summed E-state index contributed by atoms with van der Waals surface area (Å²) in [7, 11) is 0. The van der Waals surface area contributed by atoms with Crippen LogP contribution in [0.5, 0.6) is 0 Å². The van der Waals surface area contributed by atoms with Crippen LogP contribution < -0.4 is 5.32 Å². The van der Waals surface area contributed by atoms with Crippen LogP contribution in [0.2, 0.25) is 5.02 Å². The normalized spacial score (nSPS) is 10.5. The Hall–Kier alpha value is -3.19. The van der Waals surface area contributed by atoms with Gasteiger partial charge in [0.1, 0.15) is 11.6 Å². The third kappa shape index (κ3) is 4.51. The number of aromatic nitrogens is 1. The van der Waals surface area contributed by atoms with Crippen LogP contribution in [0.25, 0.3) is 11.5 Å². The van der Waals surface area contributed by atoms with E-state index in [1.54, 1.807) is 19.1 Å². The number of aryl methyl sites for hydroxylation is 1. The van der Waals surface area contributed by atoms with E-state index in [0.29, 0.717) is 5.56 Å². The van der Waals surface area contributed by atoms with E-state index in [0.717, 1.165) is 6.07 Å². The Kier molecular flexibility index (Phi) is 5.52. The van der Waals surface area contributed by atoms with Gasteiger partial charge in [-0.15, -0.1) is 0 Å². The molecule has 0 saturated carbocycles. The van der Waals surface area contributed by atoms with Gasteiger partial charge < -0.3 is 14.5 Å². The number of hydrogen-bond acceptors (Lipinski definition) is 5. The molecule has 0 aliphatic rings. The Morgan fingerprint density at radius 2 is 1.96 bits per heavy atom. The molecular weight excluding hydrogens is 375 g/mol. The van der Waals surface area contributed by atoms with Gasteiger partial charge in [-0.2, -0.15) is 0 Å². The van der Waals surface area contributed by atoms with Crippen LogP contribution in [0.4, 0.5) is 10.1 Å². The number of carbonyl (C=O) groups excluding carboxylic acids is 2. The fraction of sp³-hybridized carbons (Fsp3) is 0.105. The van der Waals surface area contributed by atoms with Gasteiger partial charge >= 0.3 is 5.97 Å². The van der Waals surface area contributed by atoms with E-state index in [1.807, 2.05) is 18.2 Å². The zero-order valence-corrected chi connectivity index (χ0v) is 14.9. The number of benzene rings is 2. The Balaban J connectivity index is 1.62. The highest BCUT2D eigenvalue weighted by Gasteiger charge is 2.20. The molecule has 8 heteroatoms. The van der Waals surface area contributed by atoms with E-state index in [9.17, 15) is 14.0 Å². The van der Waals surface area contributed by atoms with Gasteiger partial charge in [0.2, 0.25) is 5.89 Å². The van der Waals surface area contributed by atoms with E-state index in [4.69, 9.17) is 20.8 Å². The van der Waals surface area contributed by atoms with Gasteiger partial charge in [0, 0.05) is 10.6 Å². The Morgan fingerprint density at radius 3 is 2.67 bits per heavy atom. The predicted octanol–water partition coefficient (Wildman–Crippen LogP) is 4.24. The second-order valence-electron chi connectivity index (χ2n) is 5.54. The summed E-state index contributed by atoms with van der Waals surface area (Å²) in [6.07, 6.45) is 0. The minimum Gasteiger partial charge on any atom is -0.451 e. The van der Waals surface area contributed by atoms with Crippen molar-refractivity contribution in [3.63, 3.8) is 0 Å². The lowest BCUT2D eigenvalue weighted by Gasteiger charge is -2.07. The number of anilines is 1. The number of amides is 1. The van der Waals surface area contributed by atoms with Gasteiger partial charge in [0.25, 0.3) is 5.91 Å². The van der Waals surface area contributed by atoms with Crippen LogP contribution in [0.3, 0.4) is 0 Å². The average Bonchev–Trinajstić information content (AvgIpc) is 3.05.